The van der Waals surface area contributed by atoms with Crippen LogP contribution in [0, 0.1) is 11.3 Å². The zero-order chi connectivity index (χ0) is 17.6. The van der Waals surface area contributed by atoms with E-state index in [4.69, 9.17) is 5.26 Å². The van der Waals surface area contributed by atoms with E-state index in [-0.39, 0.29) is 17.1 Å². The van der Waals surface area contributed by atoms with Gasteiger partial charge in [-0.2, -0.15) is 14.0 Å². The Hall–Kier alpha value is -2.65. The number of aromatic hydroxyl groups is 1. The predicted octanol–water partition coefficient (Wildman–Crippen LogP) is 3.59. The van der Waals surface area contributed by atoms with Gasteiger partial charge in [-0.1, -0.05) is 24.3 Å². The van der Waals surface area contributed by atoms with Crippen LogP contribution in [0.1, 0.15) is 23.6 Å². The van der Waals surface area contributed by atoms with Crippen molar-refractivity contribution in [2.24, 2.45) is 0 Å². The van der Waals surface area contributed by atoms with Crippen molar-refractivity contribution in [2.45, 2.75) is 26.0 Å². The number of para-hydroxylation sites is 1. The summed E-state index contributed by atoms with van der Waals surface area (Å²) in [7, 11) is 0. The zero-order valence-corrected chi connectivity index (χ0v) is 13.2. The first-order valence-corrected chi connectivity index (χ1v) is 7.46. The van der Waals surface area contributed by atoms with Crippen molar-refractivity contribution in [3.05, 3.63) is 59.2 Å². The largest absolute Gasteiger partial charge is 0.508 e. The molecule has 0 fully saturated rings. The van der Waals surface area contributed by atoms with Gasteiger partial charge in [0.15, 0.2) is 0 Å². The highest BCUT2D eigenvalue weighted by Crippen LogP contribution is 2.26. The molecule has 0 aliphatic rings. The predicted molar refractivity (Wildman–Crippen MR) is 85.9 cm³/mol. The van der Waals surface area contributed by atoms with Crippen LogP contribution in [0.3, 0.4) is 0 Å². The van der Waals surface area contributed by atoms with E-state index in [2.05, 4.69) is 10.1 Å². The minimum absolute atomic E-state index is 0.00547. The second kappa shape index (κ2) is 7.75. The van der Waals surface area contributed by atoms with E-state index in [9.17, 15) is 13.9 Å². The molecule has 2 aromatic carbocycles. The summed E-state index contributed by atoms with van der Waals surface area (Å²) in [5.74, 6) is 0.212. The smallest absolute Gasteiger partial charge is 0.394 e. The van der Waals surface area contributed by atoms with E-state index >= 15 is 0 Å². The Morgan fingerprint density at radius 1 is 1.21 bits per heavy atom. The number of nitriles is 1. The minimum Gasteiger partial charge on any atom is -0.508 e. The highest BCUT2D eigenvalue weighted by Gasteiger charge is 2.24. The van der Waals surface area contributed by atoms with Gasteiger partial charge >= 0.3 is 6.11 Å². The topological polar surface area (TPSA) is 65.3 Å². The van der Waals surface area contributed by atoms with Crippen molar-refractivity contribution >= 4 is 0 Å². The molecule has 6 heteroatoms. The number of phenols is 1. The lowest BCUT2D eigenvalue weighted by molar-refractivity contribution is -0.159. The number of nitrogens with zero attached hydrogens (tertiary/aromatic N) is 1. The average molecular weight is 332 g/mol. The summed E-state index contributed by atoms with van der Waals surface area (Å²) in [5, 5.41) is 21.7. The van der Waals surface area contributed by atoms with Gasteiger partial charge in [0.05, 0.1) is 11.6 Å². The van der Waals surface area contributed by atoms with Gasteiger partial charge in [0, 0.05) is 19.0 Å². The van der Waals surface area contributed by atoms with Crippen molar-refractivity contribution < 1.29 is 18.6 Å². The summed E-state index contributed by atoms with van der Waals surface area (Å²) in [6, 6.07) is 13.4. The number of phenolic OH excluding ortho intramolecular Hbond substituents is 1. The van der Waals surface area contributed by atoms with Gasteiger partial charge in [-0.05, 0) is 36.7 Å². The van der Waals surface area contributed by atoms with Crippen LogP contribution in [-0.4, -0.2) is 17.8 Å². The quantitative estimate of drug-likeness (QED) is 0.761. The van der Waals surface area contributed by atoms with Crippen LogP contribution in [0.25, 0.3) is 0 Å². The van der Waals surface area contributed by atoms with E-state index in [1.165, 1.54) is 6.07 Å². The highest BCUT2D eigenvalue weighted by atomic mass is 19.3. The Bertz CT molecular complexity index is 737. The summed E-state index contributed by atoms with van der Waals surface area (Å²) in [4.78, 5) is 0. The molecule has 0 aliphatic carbocycles. The highest BCUT2D eigenvalue weighted by molar-refractivity contribution is 5.43. The molecule has 2 N–H and O–H groups in total. The van der Waals surface area contributed by atoms with E-state index in [1.54, 1.807) is 30.3 Å². The number of nitrogens with one attached hydrogen (secondary N) is 1. The Labute approximate surface area is 139 Å². The Morgan fingerprint density at radius 2 is 1.96 bits per heavy atom. The molecule has 0 spiro atoms. The van der Waals surface area contributed by atoms with Crippen molar-refractivity contribution in [2.75, 3.05) is 6.54 Å². The van der Waals surface area contributed by atoms with E-state index < -0.39 is 6.11 Å². The van der Waals surface area contributed by atoms with E-state index in [1.807, 2.05) is 12.1 Å². The number of hydrogen-bond donors (Lipinski definition) is 2. The molecule has 2 rings (SSSR count). The molecule has 0 saturated heterocycles. The molecule has 0 bridgehead atoms. The van der Waals surface area contributed by atoms with E-state index in [0.717, 1.165) is 5.56 Å². The lowest BCUT2D eigenvalue weighted by Crippen LogP contribution is -2.21. The van der Waals surface area contributed by atoms with Crippen molar-refractivity contribution in [1.29, 1.82) is 5.26 Å². The number of halogens is 2. The number of alkyl halides is 2. The molecule has 4 nitrogen and oxygen atoms in total. The van der Waals surface area contributed by atoms with Gasteiger partial charge in [-0.25, -0.2) is 0 Å². The van der Waals surface area contributed by atoms with Crippen molar-refractivity contribution in [1.82, 2.24) is 5.32 Å². The molecule has 24 heavy (non-hydrogen) atoms. The number of hydrogen-bond acceptors (Lipinski definition) is 4. The zero-order valence-electron chi connectivity index (χ0n) is 13.2. The maximum absolute atomic E-state index is 13.1. The van der Waals surface area contributed by atoms with Crippen LogP contribution in [0.5, 0.6) is 11.5 Å². The minimum atomic E-state index is -3.31. The van der Waals surface area contributed by atoms with Gasteiger partial charge in [0.2, 0.25) is 0 Å². The maximum Gasteiger partial charge on any atom is 0.394 e. The summed E-state index contributed by atoms with van der Waals surface area (Å²) in [6.45, 7) is 1.63. The van der Waals surface area contributed by atoms with E-state index in [0.29, 0.717) is 32.0 Å². The molecule has 0 aromatic heterocycles. The van der Waals surface area contributed by atoms with Crippen molar-refractivity contribution in [3.8, 4) is 17.6 Å². The third-order valence-corrected chi connectivity index (χ3v) is 3.36. The molecule has 0 radical (unpaired) electrons. The molecule has 0 heterocycles. The summed E-state index contributed by atoms with van der Waals surface area (Å²) in [5.41, 5.74) is 1.61. The van der Waals surface area contributed by atoms with Crippen LogP contribution in [0.15, 0.2) is 42.5 Å². The van der Waals surface area contributed by atoms with Gasteiger partial charge in [-0.3, -0.25) is 0 Å². The molecule has 0 atom stereocenters. The van der Waals surface area contributed by atoms with Crippen LogP contribution in [0.2, 0.25) is 0 Å². The van der Waals surface area contributed by atoms with Crippen LogP contribution in [0.4, 0.5) is 8.78 Å². The number of rotatable bonds is 7. The molecular weight excluding hydrogens is 314 g/mol. The molecule has 0 amide bonds. The molecule has 126 valence electrons. The lowest BCUT2D eigenvalue weighted by atomic mass is 10.1. The van der Waals surface area contributed by atoms with Gasteiger partial charge in [0.25, 0.3) is 0 Å². The van der Waals surface area contributed by atoms with Crippen LogP contribution >= 0.6 is 0 Å². The Morgan fingerprint density at radius 3 is 2.62 bits per heavy atom. The summed E-state index contributed by atoms with van der Waals surface area (Å²) in [6.07, 6.45) is -2.86. The fourth-order valence-corrected chi connectivity index (χ4v) is 2.23. The standard InChI is InChI=1S/C18H18F2N2O2/c1-18(19,20)24-17-10-13(11-21)6-7-14(17)8-9-22-12-15-4-2-3-5-16(15)23/h2-7,10,22-23H,8-9,12H2,1H3. The summed E-state index contributed by atoms with van der Waals surface area (Å²) >= 11 is 0. The lowest BCUT2D eigenvalue weighted by Gasteiger charge is -2.17. The third-order valence-electron chi connectivity index (χ3n) is 3.36. The van der Waals surface area contributed by atoms with Gasteiger partial charge in [0.1, 0.15) is 11.5 Å². The molecule has 2 aromatic rings. The van der Waals surface area contributed by atoms with Gasteiger partial charge < -0.3 is 15.2 Å². The molecule has 0 saturated carbocycles. The third kappa shape index (κ3) is 5.21. The molecule has 0 unspecified atom stereocenters. The van der Waals surface area contributed by atoms with Crippen LogP contribution in [-0.2, 0) is 13.0 Å². The number of ether oxygens (including phenoxy) is 1. The number of benzene rings is 2. The van der Waals surface area contributed by atoms with Crippen LogP contribution < -0.4 is 10.1 Å². The summed E-state index contributed by atoms with van der Waals surface area (Å²) < 4.78 is 30.9. The monoisotopic (exact) mass is 332 g/mol. The fraction of sp³-hybridized carbons (Fsp3) is 0.278. The Kier molecular flexibility index (Phi) is 5.72. The van der Waals surface area contributed by atoms with Gasteiger partial charge in [-0.15, -0.1) is 0 Å². The Balaban J connectivity index is 1.99. The van der Waals surface area contributed by atoms with Crippen molar-refractivity contribution in [3.63, 3.8) is 0 Å². The first kappa shape index (κ1) is 17.7. The molecular formula is C18H18F2N2O2. The second-order valence-corrected chi connectivity index (χ2v) is 5.40. The fourth-order valence-electron chi connectivity index (χ4n) is 2.23. The first-order chi connectivity index (χ1) is 11.4. The SMILES string of the molecule is CC(F)(F)Oc1cc(C#N)ccc1CCNCc1ccccc1O. The average Bonchev–Trinajstić information content (AvgIpc) is 2.52. The molecule has 0 aliphatic heterocycles. The first-order valence-electron chi connectivity index (χ1n) is 7.46. The maximum atomic E-state index is 13.1. The normalized spacial score (nSPS) is 11.1. The second-order valence-electron chi connectivity index (χ2n) is 5.40.